The molecule has 174 valence electrons. The zero-order valence-electron chi connectivity index (χ0n) is 18.7. The summed E-state index contributed by atoms with van der Waals surface area (Å²) in [5.74, 6) is -0.909. The molecule has 2 N–H and O–H groups in total. The van der Waals surface area contributed by atoms with Crippen molar-refractivity contribution in [3.8, 4) is 5.69 Å². The third-order valence-corrected chi connectivity index (χ3v) is 5.63. The molecule has 10 heteroatoms. The third-order valence-electron chi connectivity index (χ3n) is 5.63. The lowest BCUT2D eigenvalue weighted by Crippen LogP contribution is -2.44. The molecule has 0 saturated carbocycles. The van der Waals surface area contributed by atoms with Gasteiger partial charge in [-0.15, -0.1) is 0 Å². The van der Waals surface area contributed by atoms with E-state index in [1.54, 1.807) is 25.1 Å². The predicted octanol–water partition coefficient (Wildman–Crippen LogP) is 2.20. The molecule has 3 aromatic rings. The molecule has 34 heavy (non-hydrogen) atoms. The van der Waals surface area contributed by atoms with E-state index >= 15 is 0 Å². The van der Waals surface area contributed by atoms with Crippen LogP contribution in [0.1, 0.15) is 17.2 Å². The molecular formula is C24H22FN5O4. The normalized spacial score (nSPS) is 15.5. The first-order valence-corrected chi connectivity index (χ1v) is 10.4. The first-order valence-electron chi connectivity index (χ1n) is 10.4. The average Bonchev–Trinajstić information content (AvgIpc) is 2.81. The first kappa shape index (κ1) is 22.7. The molecule has 0 saturated heterocycles. The minimum absolute atomic E-state index is 0.248. The van der Waals surface area contributed by atoms with Gasteiger partial charge in [-0.25, -0.2) is 14.0 Å². The van der Waals surface area contributed by atoms with Gasteiger partial charge in [0.15, 0.2) is 0 Å². The maximum atomic E-state index is 13.4. The van der Waals surface area contributed by atoms with Gasteiger partial charge in [0.05, 0.1) is 17.3 Å². The van der Waals surface area contributed by atoms with Crippen molar-refractivity contribution in [3.63, 3.8) is 0 Å². The zero-order valence-corrected chi connectivity index (χ0v) is 18.7. The van der Waals surface area contributed by atoms with Crippen molar-refractivity contribution in [1.82, 2.24) is 19.4 Å². The number of nitrogens with one attached hydrogen (secondary N) is 2. The van der Waals surface area contributed by atoms with Gasteiger partial charge in [-0.05, 0) is 42.3 Å². The summed E-state index contributed by atoms with van der Waals surface area (Å²) in [6.07, 6.45) is 2.80. The van der Waals surface area contributed by atoms with Gasteiger partial charge in [-0.2, -0.15) is 0 Å². The fraction of sp³-hybridized carbons (Fsp3) is 0.167. The second-order valence-corrected chi connectivity index (χ2v) is 7.95. The Balaban J connectivity index is 1.69. The fourth-order valence-electron chi connectivity index (χ4n) is 3.61. The number of hydrogen-bond donors (Lipinski definition) is 2. The molecule has 1 aromatic heterocycles. The van der Waals surface area contributed by atoms with Crippen molar-refractivity contribution in [2.24, 2.45) is 7.05 Å². The second-order valence-electron chi connectivity index (χ2n) is 7.95. The highest BCUT2D eigenvalue weighted by molar-refractivity contribution is 6.06. The highest BCUT2D eigenvalue weighted by Crippen LogP contribution is 2.28. The van der Waals surface area contributed by atoms with Crippen LogP contribution >= 0.6 is 0 Å². The highest BCUT2D eigenvalue weighted by Gasteiger charge is 2.30. The zero-order chi connectivity index (χ0) is 24.6. The molecule has 0 spiro atoms. The van der Waals surface area contributed by atoms with Crippen molar-refractivity contribution in [2.45, 2.75) is 13.0 Å². The van der Waals surface area contributed by atoms with Crippen LogP contribution in [0.25, 0.3) is 5.69 Å². The van der Waals surface area contributed by atoms with Crippen molar-refractivity contribution in [2.75, 3.05) is 12.4 Å². The maximum Gasteiger partial charge on any atom is 0.335 e. The number of halogens is 1. The van der Waals surface area contributed by atoms with Crippen LogP contribution in [0, 0.1) is 12.7 Å². The molecule has 0 fully saturated rings. The van der Waals surface area contributed by atoms with Crippen LogP contribution in [-0.2, 0) is 11.8 Å². The summed E-state index contributed by atoms with van der Waals surface area (Å²) in [5.41, 5.74) is 1.49. The molecule has 3 amide bonds. The van der Waals surface area contributed by atoms with Gasteiger partial charge in [-0.1, -0.05) is 18.2 Å². The van der Waals surface area contributed by atoms with Crippen LogP contribution in [-0.4, -0.2) is 33.0 Å². The lowest BCUT2D eigenvalue weighted by Gasteiger charge is -2.30. The summed E-state index contributed by atoms with van der Waals surface area (Å²) in [6, 6.07) is 10.7. The molecular weight excluding hydrogens is 441 g/mol. The summed E-state index contributed by atoms with van der Waals surface area (Å²) >= 11 is 0. The van der Waals surface area contributed by atoms with E-state index in [1.807, 2.05) is 0 Å². The van der Waals surface area contributed by atoms with Gasteiger partial charge in [0.25, 0.3) is 11.5 Å². The lowest BCUT2D eigenvalue weighted by molar-refractivity contribution is -0.113. The van der Waals surface area contributed by atoms with Gasteiger partial charge < -0.3 is 15.5 Å². The number of rotatable bonds is 4. The van der Waals surface area contributed by atoms with E-state index in [0.29, 0.717) is 16.9 Å². The average molecular weight is 463 g/mol. The lowest BCUT2D eigenvalue weighted by atomic mass is 9.97. The summed E-state index contributed by atoms with van der Waals surface area (Å²) in [4.78, 5) is 51.0. The van der Waals surface area contributed by atoms with E-state index < -0.39 is 35.0 Å². The van der Waals surface area contributed by atoms with Crippen molar-refractivity contribution in [3.05, 3.63) is 104 Å². The van der Waals surface area contributed by atoms with Gasteiger partial charge in [0.2, 0.25) is 0 Å². The Bertz CT molecular complexity index is 1440. The maximum absolute atomic E-state index is 13.4. The minimum atomic E-state index is -0.779. The molecule has 0 bridgehead atoms. The molecule has 1 aliphatic heterocycles. The number of carbonyl (C=O) groups is 2. The SMILES string of the molecule is Cc1ccc(-n2ccc(=O)n(C)c2=O)cc1NC(=O)C1=CN(C)C(=O)N[C@H]1c1ccc(F)cc1. The van der Waals surface area contributed by atoms with Crippen LogP contribution in [0.4, 0.5) is 14.9 Å². The van der Waals surface area contributed by atoms with E-state index in [1.165, 1.54) is 66.3 Å². The first-order chi connectivity index (χ1) is 16.2. The van der Waals surface area contributed by atoms with E-state index in [2.05, 4.69) is 10.6 Å². The number of urea groups is 1. The highest BCUT2D eigenvalue weighted by atomic mass is 19.1. The van der Waals surface area contributed by atoms with Crippen LogP contribution in [0.2, 0.25) is 0 Å². The summed E-state index contributed by atoms with van der Waals surface area (Å²) < 4.78 is 15.7. The van der Waals surface area contributed by atoms with Crippen LogP contribution < -0.4 is 21.9 Å². The molecule has 0 aliphatic carbocycles. The predicted molar refractivity (Wildman–Crippen MR) is 124 cm³/mol. The fourth-order valence-corrected chi connectivity index (χ4v) is 3.61. The monoisotopic (exact) mass is 463 g/mol. The second kappa shape index (κ2) is 8.81. The molecule has 1 atom stereocenters. The van der Waals surface area contributed by atoms with Gasteiger partial charge >= 0.3 is 11.7 Å². The number of benzene rings is 2. The van der Waals surface area contributed by atoms with E-state index in [0.717, 1.165) is 10.1 Å². The quantitative estimate of drug-likeness (QED) is 0.619. The van der Waals surface area contributed by atoms with Crippen LogP contribution in [0.15, 0.2) is 76.1 Å². The van der Waals surface area contributed by atoms with Gasteiger partial charge in [-0.3, -0.25) is 18.7 Å². The molecule has 2 heterocycles. The molecule has 0 radical (unpaired) electrons. The van der Waals surface area contributed by atoms with E-state index in [9.17, 15) is 23.6 Å². The van der Waals surface area contributed by atoms with Gasteiger partial charge in [0, 0.05) is 38.2 Å². The Morgan fingerprint density at radius 3 is 2.44 bits per heavy atom. The van der Waals surface area contributed by atoms with Crippen molar-refractivity contribution < 1.29 is 14.0 Å². The Labute approximate surface area is 193 Å². The third kappa shape index (κ3) is 4.25. The smallest absolute Gasteiger partial charge is 0.327 e. The molecule has 2 aromatic carbocycles. The Morgan fingerprint density at radius 2 is 1.74 bits per heavy atom. The Kier molecular flexibility index (Phi) is 5.89. The molecule has 9 nitrogen and oxygen atoms in total. The van der Waals surface area contributed by atoms with Crippen molar-refractivity contribution >= 4 is 17.6 Å². The van der Waals surface area contributed by atoms with Crippen molar-refractivity contribution in [1.29, 1.82) is 0 Å². The van der Waals surface area contributed by atoms with Crippen LogP contribution in [0.3, 0.4) is 0 Å². The van der Waals surface area contributed by atoms with Crippen LogP contribution in [0.5, 0.6) is 0 Å². The number of anilines is 1. The largest absolute Gasteiger partial charge is 0.335 e. The molecule has 4 rings (SSSR count). The summed E-state index contributed by atoms with van der Waals surface area (Å²) in [6.45, 7) is 1.80. The number of hydrogen-bond acceptors (Lipinski definition) is 4. The Morgan fingerprint density at radius 1 is 1.03 bits per heavy atom. The standard InChI is InChI=1S/C24H22FN5O4/c1-14-4-9-17(30-11-10-20(31)29(3)24(30)34)12-19(14)26-22(32)18-13-28(2)23(33)27-21(18)15-5-7-16(25)8-6-15/h4-13,21H,1-3H3,(H,26,32)(H,27,33)/t21-/m0/s1. The number of aryl methyl sites for hydroxylation is 1. The summed E-state index contributed by atoms with van der Waals surface area (Å²) in [5, 5.41) is 5.59. The van der Waals surface area contributed by atoms with Gasteiger partial charge in [0.1, 0.15) is 5.82 Å². The molecule has 1 aliphatic rings. The van der Waals surface area contributed by atoms with E-state index in [4.69, 9.17) is 0 Å². The number of aromatic nitrogens is 2. The Hall–Kier alpha value is -4.47. The number of amides is 3. The number of nitrogens with zero attached hydrogens (tertiary/aromatic N) is 3. The topological polar surface area (TPSA) is 105 Å². The minimum Gasteiger partial charge on any atom is -0.327 e. The summed E-state index contributed by atoms with van der Waals surface area (Å²) in [7, 11) is 2.90. The van der Waals surface area contributed by atoms with E-state index in [-0.39, 0.29) is 5.57 Å². The number of carbonyl (C=O) groups excluding carboxylic acids is 2. The molecule has 0 unspecified atom stereocenters.